The van der Waals surface area contributed by atoms with Gasteiger partial charge in [0, 0.05) is 18.2 Å². The van der Waals surface area contributed by atoms with E-state index in [9.17, 15) is 0 Å². The number of piperidine rings is 1. The lowest BCUT2D eigenvalue weighted by Crippen LogP contribution is -2.26. The van der Waals surface area contributed by atoms with E-state index in [1.165, 1.54) is 18.5 Å². The third-order valence-corrected chi connectivity index (χ3v) is 2.26. The van der Waals surface area contributed by atoms with Gasteiger partial charge in [-0.3, -0.25) is 0 Å². The third-order valence-electron chi connectivity index (χ3n) is 2.26. The predicted molar refractivity (Wildman–Crippen MR) is 47.1 cm³/mol. The second-order valence-electron chi connectivity index (χ2n) is 3.07. The predicted octanol–water partition coefficient (Wildman–Crippen LogP) is 2.00. The Morgan fingerprint density at radius 1 is 1.27 bits per heavy atom. The van der Waals surface area contributed by atoms with Gasteiger partial charge in [-0.1, -0.05) is 24.3 Å². The molecule has 2 aliphatic rings. The van der Waals surface area contributed by atoms with E-state index >= 15 is 0 Å². The van der Waals surface area contributed by atoms with Gasteiger partial charge in [-0.15, -0.1) is 0 Å². The van der Waals surface area contributed by atoms with Gasteiger partial charge in [-0.05, 0) is 18.9 Å². The van der Waals surface area contributed by atoms with Gasteiger partial charge in [0.15, 0.2) is 0 Å². The summed E-state index contributed by atoms with van der Waals surface area (Å²) in [5.41, 5.74) is 1.39. The van der Waals surface area contributed by atoms with Crippen molar-refractivity contribution in [1.82, 2.24) is 5.32 Å². The second-order valence-corrected chi connectivity index (χ2v) is 3.07. The Morgan fingerprint density at radius 3 is 3.27 bits per heavy atom. The van der Waals surface area contributed by atoms with Crippen molar-refractivity contribution >= 4 is 0 Å². The van der Waals surface area contributed by atoms with Gasteiger partial charge in [0.1, 0.15) is 0 Å². The van der Waals surface area contributed by atoms with E-state index in [4.69, 9.17) is 0 Å². The van der Waals surface area contributed by atoms with Crippen molar-refractivity contribution < 1.29 is 0 Å². The average Bonchev–Trinajstić information content (AvgIpc) is 2.28. The Hall–Kier alpha value is -0.980. The highest BCUT2D eigenvalue weighted by molar-refractivity contribution is 5.26. The van der Waals surface area contributed by atoms with Crippen LogP contribution in [0.25, 0.3) is 0 Å². The van der Waals surface area contributed by atoms with Crippen molar-refractivity contribution in [2.45, 2.75) is 12.8 Å². The maximum Gasteiger partial charge on any atom is 0.0177 e. The van der Waals surface area contributed by atoms with Gasteiger partial charge in [0.25, 0.3) is 0 Å². The molecule has 0 saturated carbocycles. The summed E-state index contributed by atoms with van der Waals surface area (Å²) in [5, 5.41) is 3.42. The average molecular weight is 147 g/mol. The molecule has 0 aromatic heterocycles. The van der Waals surface area contributed by atoms with E-state index in [0.717, 1.165) is 6.54 Å². The van der Waals surface area contributed by atoms with Crippen LogP contribution in [0.1, 0.15) is 12.8 Å². The van der Waals surface area contributed by atoms with Crippen molar-refractivity contribution in [3.63, 3.8) is 0 Å². The molecule has 1 N–H and O–H groups in total. The largest absolute Gasteiger partial charge is 0.388 e. The number of rotatable bonds is 0. The number of nitrogens with one attached hydrogen (secondary N) is 1. The first-order valence-corrected chi connectivity index (χ1v) is 4.26. The van der Waals surface area contributed by atoms with Gasteiger partial charge in [-0.2, -0.15) is 0 Å². The molecule has 58 valence electrons. The van der Waals surface area contributed by atoms with Gasteiger partial charge in [0.2, 0.25) is 0 Å². The molecular weight excluding hydrogens is 134 g/mol. The van der Waals surface area contributed by atoms with Crippen molar-refractivity contribution in [2.75, 3.05) is 6.54 Å². The Labute approximate surface area is 67.5 Å². The van der Waals surface area contributed by atoms with Crippen LogP contribution in [-0.4, -0.2) is 6.54 Å². The summed E-state index contributed by atoms with van der Waals surface area (Å²) in [6.07, 6.45) is 13.4. The molecule has 0 aromatic carbocycles. The molecule has 1 unspecified atom stereocenters. The molecule has 1 atom stereocenters. The summed E-state index contributed by atoms with van der Waals surface area (Å²) in [7, 11) is 0. The first-order chi connectivity index (χ1) is 5.47. The molecule has 1 aliphatic heterocycles. The topological polar surface area (TPSA) is 12.0 Å². The molecule has 11 heavy (non-hydrogen) atoms. The lowest BCUT2D eigenvalue weighted by molar-refractivity contribution is 0.509. The van der Waals surface area contributed by atoms with Crippen LogP contribution in [0, 0.1) is 5.92 Å². The number of fused-ring (bicyclic) bond motifs is 1. The third kappa shape index (κ3) is 1.37. The summed E-state index contributed by atoms with van der Waals surface area (Å²) in [4.78, 5) is 0. The maximum atomic E-state index is 3.42. The fourth-order valence-corrected chi connectivity index (χ4v) is 1.65. The fourth-order valence-electron chi connectivity index (χ4n) is 1.65. The normalized spacial score (nSPS) is 28.4. The van der Waals surface area contributed by atoms with Crippen LogP contribution in [0.5, 0.6) is 0 Å². The lowest BCUT2D eigenvalue weighted by atomic mass is 9.95. The number of hydrogen-bond acceptors (Lipinski definition) is 1. The van der Waals surface area contributed by atoms with E-state index in [2.05, 4.69) is 35.7 Å². The van der Waals surface area contributed by atoms with Crippen molar-refractivity contribution in [2.24, 2.45) is 5.92 Å². The minimum Gasteiger partial charge on any atom is -0.388 e. The smallest absolute Gasteiger partial charge is 0.0177 e. The van der Waals surface area contributed by atoms with Crippen LogP contribution in [0.15, 0.2) is 36.1 Å². The maximum absolute atomic E-state index is 3.42. The summed E-state index contributed by atoms with van der Waals surface area (Å²) in [6.45, 7) is 1.14. The Bertz CT molecular complexity index is 223. The second kappa shape index (κ2) is 2.95. The molecule has 1 fully saturated rings. The molecule has 1 nitrogen and oxygen atoms in total. The molecule has 1 heterocycles. The van der Waals surface area contributed by atoms with E-state index in [1.807, 2.05) is 0 Å². The van der Waals surface area contributed by atoms with Crippen molar-refractivity contribution in [1.29, 1.82) is 0 Å². The highest BCUT2D eigenvalue weighted by atomic mass is 14.9. The highest BCUT2D eigenvalue weighted by Crippen LogP contribution is 2.22. The summed E-state index contributed by atoms with van der Waals surface area (Å²) in [5.74, 6) is 0.652. The molecule has 0 bridgehead atoms. The quantitative estimate of drug-likeness (QED) is 0.552. The first kappa shape index (κ1) is 6.71. The van der Waals surface area contributed by atoms with Gasteiger partial charge in [-0.25, -0.2) is 0 Å². The number of allylic oxidation sites excluding steroid dienone is 5. The molecule has 1 saturated heterocycles. The summed E-state index contributed by atoms with van der Waals surface area (Å²) < 4.78 is 0. The highest BCUT2D eigenvalue weighted by Gasteiger charge is 2.14. The zero-order valence-corrected chi connectivity index (χ0v) is 6.59. The van der Waals surface area contributed by atoms with Crippen LogP contribution >= 0.6 is 0 Å². The van der Waals surface area contributed by atoms with Crippen molar-refractivity contribution in [3.8, 4) is 0 Å². The van der Waals surface area contributed by atoms with E-state index < -0.39 is 0 Å². The Kier molecular flexibility index (Phi) is 1.80. The van der Waals surface area contributed by atoms with Gasteiger partial charge in [0.05, 0.1) is 0 Å². The molecule has 0 spiro atoms. The van der Waals surface area contributed by atoms with Crippen molar-refractivity contribution in [3.05, 3.63) is 36.1 Å². The molecule has 2 rings (SSSR count). The fraction of sp³-hybridized carbons (Fsp3) is 0.400. The van der Waals surface area contributed by atoms with Crippen LogP contribution in [0.2, 0.25) is 0 Å². The Balaban J connectivity index is 2.21. The SMILES string of the molecule is C1=CC=C2NCCCC2C=C1. The zero-order chi connectivity index (χ0) is 7.52. The summed E-state index contributed by atoms with van der Waals surface area (Å²) in [6, 6.07) is 0. The minimum absolute atomic E-state index is 0.652. The van der Waals surface area contributed by atoms with Crippen LogP contribution in [0.3, 0.4) is 0 Å². The molecule has 0 aromatic rings. The number of hydrogen-bond donors (Lipinski definition) is 1. The van der Waals surface area contributed by atoms with Crippen LogP contribution < -0.4 is 5.32 Å². The lowest BCUT2D eigenvalue weighted by Gasteiger charge is -2.23. The molecule has 1 aliphatic carbocycles. The Morgan fingerprint density at radius 2 is 2.27 bits per heavy atom. The van der Waals surface area contributed by atoms with E-state index in [0.29, 0.717) is 5.92 Å². The van der Waals surface area contributed by atoms with Gasteiger partial charge < -0.3 is 5.32 Å². The van der Waals surface area contributed by atoms with Crippen LogP contribution in [-0.2, 0) is 0 Å². The minimum atomic E-state index is 0.652. The molecule has 1 heteroatoms. The van der Waals surface area contributed by atoms with E-state index in [-0.39, 0.29) is 0 Å². The van der Waals surface area contributed by atoms with Crippen LogP contribution in [0.4, 0.5) is 0 Å². The first-order valence-electron chi connectivity index (χ1n) is 4.26. The molecule has 0 amide bonds. The molecule has 0 radical (unpaired) electrons. The summed E-state index contributed by atoms with van der Waals surface area (Å²) >= 11 is 0. The monoisotopic (exact) mass is 147 g/mol. The van der Waals surface area contributed by atoms with E-state index in [1.54, 1.807) is 0 Å². The zero-order valence-electron chi connectivity index (χ0n) is 6.59. The standard InChI is InChI=1S/C10H13N/c1-2-5-9-6-4-8-11-10(9)7-3-1/h1-3,5,7,9,11H,4,6,8H2. The van der Waals surface area contributed by atoms with Gasteiger partial charge >= 0.3 is 0 Å². The molecular formula is C10H13N.